The lowest BCUT2D eigenvalue weighted by Crippen LogP contribution is -2.33. The van der Waals surface area contributed by atoms with E-state index in [2.05, 4.69) is 0 Å². The van der Waals surface area contributed by atoms with E-state index in [0.29, 0.717) is 36.9 Å². The molecule has 3 aromatic rings. The maximum absolute atomic E-state index is 13.6. The first-order chi connectivity index (χ1) is 16.9. The van der Waals surface area contributed by atoms with Gasteiger partial charge in [0, 0.05) is 6.42 Å². The van der Waals surface area contributed by atoms with Crippen LogP contribution in [0.4, 0.5) is 0 Å². The number of sulfone groups is 1. The van der Waals surface area contributed by atoms with Gasteiger partial charge in [-0.3, -0.25) is 0 Å². The zero-order valence-electron chi connectivity index (χ0n) is 19.8. The Morgan fingerprint density at radius 1 is 0.971 bits per heavy atom. The Kier molecular flexibility index (Phi) is 8.07. The number of ether oxygens (including phenoxy) is 4. The van der Waals surface area contributed by atoms with Crippen molar-refractivity contribution in [3.63, 3.8) is 0 Å². The molecule has 0 aliphatic carbocycles. The number of aryl methyl sites for hydroxylation is 1. The van der Waals surface area contributed by atoms with E-state index in [-0.39, 0.29) is 11.3 Å². The Balaban J connectivity index is 1.61. The van der Waals surface area contributed by atoms with Gasteiger partial charge in [-0.25, -0.2) is 8.42 Å². The minimum atomic E-state index is -3.91. The standard InChI is InChI=1S/C27H30O7S/c1-19-8-11-22(12-9-19)35(29,30)25(17-26-32-14-15-33-26)27(28)21-10-13-23(24(16-21)31-2)34-18-20-6-4-3-5-7-20/h3-13,16,25-28H,14-15,17-18H2,1-2H3. The van der Waals surface area contributed by atoms with Crippen LogP contribution in [-0.4, -0.2) is 45.4 Å². The summed E-state index contributed by atoms with van der Waals surface area (Å²) in [5.41, 5.74) is 2.34. The number of hydrogen-bond donors (Lipinski definition) is 1. The topological polar surface area (TPSA) is 91.3 Å². The summed E-state index contributed by atoms with van der Waals surface area (Å²) in [7, 11) is -2.41. The fourth-order valence-electron chi connectivity index (χ4n) is 4.00. The van der Waals surface area contributed by atoms with Crippen LogP contribution in [-0.2, 0) is 25.9 Å². The van der Waals surface area contributed by atoms with E-state index in [4.69, 9.17) is 18.9 Å². The Bertz CT molecular complexity index is 1200. The predicted molar refractivity (Wildman–Crippen MR) is 131 cm³/mol. The molecule has 0 spiro atoms. The summed E-state index contributed by atoms with van der Waals surface area (Å²) >= 11 is 0. The Morgan fingerprint density at radius 3 is 2.31 bits per heavy atom. The van der Waals surface area contributed by atoms with Crippen LogP contribution < -0.4 is 9.47 Å². The van der Waals surface area contributed by atoms with Crippen LogP contribution >= 0.6 is 0 Å². The summed E-state index contributed by atoms with van der Waals surface area (Å²) in [5.74, 6) is 0.894. The first-order valence-corrected chi connectivity index (χ1v) is 13.0. The first-order valence-electron chi connectivity index (χ1n) is 11.4. The number of aliphatic hydroxyl groups is 1. The van der Waals surface area contributed by atoms with Gasteiger partial charge in [-0.2, -0.15) is 0 Å². The summed E-state index contributed by atoms with van der Waals surface area (Å²) in [6.45, 7) is 3.01. The van der Waals surface area contributed by atoms with E-state index in [1.165, 1.54) is 7.11 Å². The average molecular weight is 499 g/mol. The van der Waals surface area contributed by atoms with Gasteiger partial charge in [0.2, 0.25) is 0 Å². The molecule has 186 valence electrons. The van der Waals surface area contributed by atoms with Gasteiger partial charge >= 0.3 is 0 Å². The average Bonchev–Trinajstić information content (AvgIpc) is 3.40. The summed E-state index contributed by atoms with van der Waals surface area (Å²) in [6.07, 6.45) is -2.05. The van der Waals surface area contributed by atoms with E-state index < -0.39 is 27.5 Å². The van der Waals surface area contributed by atoms with Crippen molar-refractivity contribution in [2.75, 3.05) is 20.3 Å². The molecule has 0 bridgehead atoms. The molecular formula is C27H30O7S. The third-order valence-electron chi connectivity index (χ3n) is 5.98. The van der Waals surface area contributed by atoms with Crippen LogP contribution in [0.15, 0.2) is 77.7 Å². The van der Waals surface area contributed by atoms with Crippen LogP contribution in [0.2, 0.25) is 0 Å². The molecule has 1 saturated heterocycles. The Hall–Kier alpha value is -2.91. The number of methoxy groups -OCH3 is 1. The maximum Gasteiger partial charge on any atom is 0.184 e. The number of rotatable bonds is 10. The minimum Gasteiger partial charge on any atom is -0.493 e. The highest BCUT2D eigenvalue weighted by Gasteiger charge is 2.38. The molecule has 0 aromatic heterocycles. The van der Waals surface area contributed by atoms with Crippen LogP contribution in [0.5, 0.6) is 11.5 Å². The minimum absolute atomic E-state index is 0.00799. The lowest BCUT2D eigenvalue weighted by atomic mass is 10.0. The smallest absolute Gasteiger partial charge is 0.184 e. The molecular weight excluding hydrogens is 468 g/mol. The fourth-order valence-corrected chi connectivity index (χ4v) is 5.77. The summed E-state index contributed by atoms with van der Waals surface area (Å²) in [5, 5.41) is 10.1. The Labute approximate surface area is 206 Å². The summed E-state index contributed by atoms with van der Waals surface area (Å²) < 4.78 is 49.6. The van der Waals surface area contributed by atoms with Gasteiger partial charge in [0.1, 0.15) is 11.9 Å². The van der Waals surface area contributed by atoms with Crippen LogP contribution in [0.25, 0.3) is 0 Å². The lowest BCUT2D eigenvalue weighted by Gasteiger charge is -2.26. The molecule has 0 amide bonds. The molecule has 1 aliphatic rings. The van der Waals surface area contributed by atoms with Gasteiger partial charge in [-0.15, -0.1) is 0 Å². The van der Waals surface area contributed by atoms with Crippen LogP contribution in [0, 0.1) is 6.92 Å². The van der Waals surface area contributed by atoms with Gasteiger partial charge in [0.05, 0.1) is 31.3 Å². The second-order valence-corrected chi connectivity index (χ2v) is 10.6. The van der Waals surface area contributed by atoms with Gasteiger partial charge in [-0.1, -0.05) is 54.1 Å². The molecule has 4 rings (SSSR count). The highest BCUT2D eigenvalue weighted by Crippen LogP contribution is 2.36. The number of hydrogen-bond acceptors (Lipinski definition) is 7. The van der Waals surface area contributed by atoms with Crippen LogP contribution in [0.1, 0.15) is 29.2 Å². The van der Waals surface area contributed by atoms with E-state index in [1.54, 1.807) is 42.5 Å². The van der Waals surface area contributed by atoms with Crippen molar-refractivity contribution < 1.29 is 32.5 Å². The van der Waals surface area contributed by atoms with Gasteiger partial charge in [0.25, 0.3) is 0 Å². The highest BCUT2D eigenvalue weighted by atomic mass is 32.2. The van der Waals surface area contributed by atoms with E-state index in [1.807, 2.05) is 37.3 Å². The number of benzene rings is 3. The molecule has 3 aromatic carbocycles. The fraction of sp³-hybridized carbons (Fsp3) is 0.333. The normalized spacial score (nSPS) is 16.1. The van der Waals surface area contributed by atoms with Gasteiger partial charge in [-0.05, 0) is 42.3 Å². The molecule has 35 heavy (non-hydrogen) atoms. The molecule has 0 radical (unpaired) electrons. The molecule has 2 unspecified atom stereocenters. The van der Waals surface area contributed by atoms with Crippen molar-refractivity contribution in [2.24, 2.45) is 0 Å². The number of aliphatic hydroxyl groups excluding tert-OH is 1. The summed E-state index contributed by atoms with van der Waals surface area (Å²) in [4.78, 5) is 0.139. The van der Waals surface area contributed by atoms with Crippen molar-refractivity contribution in [2.45, 2.75) is 42.5 Å². The summed E-state index contributed by atoms with van der Waals surface area (Å²) in [6, 6.07) is 21.2. The molecule has 1 fully saturated rings. The predicted octanol–water partition coefficient (Wildman–Crippen LogP) is 4.22. The lowest BCUT2D eigenvalue weighted by molar-refractivity contribution is -0.0531. The highest BCUT2D eigenvalue weighted by molar-refractivity contribution is 7.92. The molecule has 2 atom stereocenters. The first kappa shape index (κ1) is 25.2. The van der Waals surface area contributed by atoms with Crippen molar-refractivity contribution in [1.82, 2.24) is 0 Å². The van der Waals surface area contributed by atoms with Crippen molar-refractivity contribution >= 4 is 9.84 Å². The van der Waals surface area contributed by atoms with Crippen LogP contribution in [0.3, 0.4) is 0 Å². The maximum atomic E-state index is 13.6. The molecule has 1 heterocycles. The van der Waals surface area contributed by atoms with Crippen molar-refractivity contribution in [1.29, 1.82) is 0 Å². The molecule has 1 aliphatic heterocycles. The molecule has 8 heteroatoms. The van der Waals surface area contributed by atoms with Gasteiger partial charge < -0.3 is 24.1 Å². The zero-order valence-corrected chi connectivity index (χ0v) is 20.6. The third kappa shape index (κ3) is 6.02. The second-order valence-electron chi connectivity index (χ2n) is 8.43. The SMILES string of the molecule is COc1cc(C(O)C(CC2OCCO2)S(=O)(=O)c2ccc(C)cc2)ccc1OCc1ccccc1. The quantitative estimate of drug-likeness (QED) is 0.447. The Morgan fingerprint density at radius 2 is 1.66 bits per heavy atom. The zero-order chi connectivity index (χ0) is 24.8. The largest absolute Gasteiger partial charge is 0.493 e. The van der Waals surface area contributed by atoms with E-state index >= 15 is 0 Å². The monoisotopic (exact) mass is 498 g/mol. The molecule has 0 saturated carbocycles. The van der Waals surface area contributed by atoms with E-state index in [0.717, 1.165) is 11.1 Å². The van der Waals surface area contributed by atoms with E-state index in [9.17, 15) is 13.5 Å². The molecule has 7 nitrogen and oxygen atoms in total. The third-order valence-corrected chi connectivity index (χ3v) is 8.16. The molecule has 1 N–H and O–H groups in total. The second kappa shape index (κ2) is 11.2. The van der Waals surface area contributed by atoms with Crippen molar-refractivity contribution in [3.8, 4) is 11.5 Å². The van der Waals surface area contributed by atoms with Crippen molar-refractivity contribution in [3.05, 3.63) is 89.5 Å². The van der Waals surface area contributed by atoms with Gasteiger partial charge in [0.15, 0.2) is 27.6 Å².